The van der Waals surface area contributed by atoms with Crippen molar-refractivity contribution in [1.29, 1.82) is 0 Å². The number of hydrogen-bond donors (Lipinski definition) is 0. The van der Waals surface area contributed by atoms with E-state index in [0.717, 1.165) is 17.5 Å². The van der Waals surface area contributed by atoms with Crippen LogP contribution in [0.15, 0.2) is 200 Å². The van der Waals surface area contributed by atoms with Crippen LogP contribution in [0.1, 0.15) is 43.2 Å². The maximum Gasteiger partial charge on any atom is 0.0540 e. The fourth-order valence-corrected chi connectivity index (χ4v) is 12.6. The molecule has 4 fully saturated rings. The largest absolute Gasteiger partial charge is 0.310 e. The lowest BCUT2D eigenvalue weighted by Crippen LogP contribution is -2.55. The molecule has 0 aliphatic heterocycles. The van der Waals surface area contributed by atoms with Gasteiger partial charge in [0.2, 0.25) is 0 Å². The maximum absolute atomic E-state index is 2.64. The molecule has 8 aromatic rings. The van der Waals surface area contributed by atoms with E-state index in [1.54, 1.807) is 11.1 Å². The van der Waals surface area contributed by atoms with Crippen LogP contribution in [-0.4, -0.2) is 0 Å². The molecule has 0 atom stereocenters. The predicted molar refractivity (Wildman–Crippen MR) is 246 cm³/mol. The molecule has 5 aliphatic carbocycles. The van der Waals surface area contributed by atoms with E-state index in [9.17, 15) is 0 Å². The van der Waals surface area contributed by atoms with Gasteiger partial charge in [-0.2, -0.15) is 0 Å². The molecule has 1 heteroatoms. The topological polar surface area (TPSA) is 3.24 Å². The summed E-state index contributed by atoms with van der Waals surface area (Å²) in [6.45, 7) is 0. The lowest BCUT2D eigenvalue weighted by Gasteiger charge is -2.61. The van der Waals surface area contributed by atoms with E-state index >= 15 is 0 Å². The third-order valence-corrected chi connectivity index (χ3v) is 14.7. The molecule has 0 heterocycles. The van der Waals surface area contributed by atoms with Crippen molar-refractivity contribution in [2.75, 3.05) is 4.90 Å². The van der Waals surface area contributed by atoms with Gasteiger partial charge in [0.25, 0.3) is 0 Å². The molecular formula is C58H47N. The van der Waals surface area contributed by atoms with Crippen molar-refractivity contribution in [3.8, 4) is 55.6 Å². The lowest BCUT2D eigenvalue weighted by molar-refractivity contribution is -0.0399. The minimum Gasteiger partial charge on any atom is -0.310 e. The van der Waals surface area contributed by atoms with E-state index in [-0.39, 0.29) is 5.41 Å². The fraction of sp³-hybridized carbons (Fsp3) is 0.172. The van der Waals surface area contributed by atoms with Gasteiger partial charge in [-0.1, -0.05) is 170 Å². The Morgan fingerprint density at radius 1 is 0.322 bits per heavy atom. The molecule has 4 saturated carbocycles. The molecule has 0 aromatic heterocycles. The van der Waals surface area contributed by atoms with Crippen molar-refractivity contribution in [1.82, 2.24) is 0 Å². The summed E-state index contributed by atoms with van der Waals surface area (Å²) in [6.07, 6.45) is 6.96. The van der Waals surface area contributed by atoms with Crippen LogP contribution >= 0.6 is 0 Å². The molecule has 1 nitrogen and oxygen atoms in total. The highest BCUT2D eigenvalue weighted by molar-refractivity contribution is 5.97. The fourth-order valence-electron chi connectivity index (χ4n) is 12.6. The van der Waals surface area contributed by atoms with E-state index in [2.05, 4.69) is 205 Å². The van der Waals surface area contributed by atoms with Crippen LogP contribution < -0.4 is 4.90 Å². The monoisotopic (exact) mass is 757 g/mol. The van der Waals surface area contributed by atoms with Crippen LogP contribution in [0.4, 0.5) is 17.1 Å². The number of hydrogen-bond acceptors (Lipinski definition) is 1. The Balaban J connectivity index is 1.06. The first-order valence-corrected chi connectivity index (χ1v) is 21.8. The maximum atomic E-state index is 2.64. The smallest absolute Gasteiger partial charge is 0.0540 e. The molecule has 8 aromatic carbocycles. The van der Waals surface area contributed by atoms with E-state index in [1.165, 1.54) is 99.1 Å². The summed E-state index contributed by atoms with van der Waals surface area (Å²) in [4.78, 5) is 2.55. The summed E-state index contributed by atoms with van der Waals surface area (Å²) in [7, 11) is 0. The Morgan fingerprint density at radius 2 is 0.780 bits per heavy atom. The van der Waals surface area contributed by atoms with Gasteiger partial charge in [0.05, 0.1) is 5.69 Å². The molecule has 1 spiro atoms. The van der Waals surface area contributed by atoms with Gasteiger partial charge in [-0.05, 0) is 147 Å². The number of nitrogens with zero attached hydrogens (tertiary/aromatic N) is 1. The van der Waals surface area contributed by atoms with Crippen molar-refractivity contribution in [3.63, 3.8) is 0 Å². The number of para-hydroxylation sites is 1. The summed E-state index contributed by atoms with van der Waals surface area (Å²) in [5, 5.41) is 0. The molecule has 0 amide bonds. The third-order valence-electron chi connectivity index (χ3n) is 14.7. The van der Waals surface area contributed by atoms with E-state index in [4.69, 9.17) is 0 Å². The Labute approximate surface area is 348 Å². The van der Waals surface area contributed by atoms with Gasteiger partial charge in [0.1, 0.15) is 0 Å². The number of anilines is 3. The van der Waals surface area contributed by atoms with Crippen LogP contribution in [0.3, 0.4) is 0 Å². The quantitative estimate of drug-likeness (QED) is 0.156. The SMILES string of the molecule is c1ccc(-c2ccc(N(c3ccc4c(c3)C3(c5ccccc5-4)C4CC5CC(C4)CC3C5)c3ccccc3-c3ccccc3-c3ccccc3-c3ccccc3)cc2)cc1. The zero-order chi connectivity index (χ0) is 38.9. The highest BCUT2D eigenvalue weighted by Crippen LogP contribution is 2.69. The molecule has 0 unspecified atom stereocenters. The summed E-state index contributed by atoms with van der Waals surface area (Å²) in [5.41, 5.74) is 19.6. The first-order valence-electron chi connectivity index (χ1n) is 21.8. The van der Waals surface area contributed by atoms with Crippen LogP contribution in [0.25, 0.3) is 55.6 Å². The molecule has 0 saturated heterocycles. The Hall–Kier alpha value is -6.44. The van der Waals surface area contributed by atoms with Gasteiger partial charge < -0.3 is 4.90 Å². The summed E-state index contributed by atoms with van der Waals surface area (Å²) >= 11 is 0. The standard InChI is InChI=1S/C58H47N/c1-3-15-41(16-4-1)42-27-29-46(30-28-42)59(47-31-32-53-52-23-11-13-25-55(52)58(56(53)38-47)44-34-39-33-40(36-44)37-45(58)35-39)57-26-14-12-24-54(57)51-22-10-9-21-50(51)49-20-8-7-19-48(49)43-17-5-2-6-18-43/h1-32,38-40,44-45H,33-37H2. The second-order valence-corrected chi connectivity index (χ2v) is 17.7. The van der Waals surface area contributed by atoms with Crippen LogP contribution in [0.2, 0.25) is 0 Å². The molecule has 4 bridgehead atoms. The predicted octanol–water partition coefficient (Wildman–Crippen LogP) is 15.5. The summed E-state index contributed by atoms with van der Waals surface area (Å²) in [5.74, 6) is 3.22. The van der Waals surface area contributed by atoms with Gasteiger partial charge in [0, 0.05) is 22.4 Å². The zero-order valence-electron chi connectivity index (χ0n) is 33.3. The van der Waals surface area contributed by atoms with Gasteiger partial charge in [-0.3, -0.25) is 0 Å². The third kappa shape index (κ3) is 5.44. The molecule has 5 aliphatic rings. The van der Waals surface area contributed by atoms with Crippen molar-refractivity contribution < 1.29 is 0 Å². The second-order valence-electron chi connectivity index (χ2n) is 17.7. The summed E-state index contributed by atoms with van der Waals surface area (Å²) in [6, 6.07) is 74.8. The van der Waals surface area contributed by atoms with Crippen LogP contribution in [0, 0.1) is 23.7 Å². The average Bonchev–Trinajstić information content (AvgIpc) is 3.59. The zero-order valence-corrected chi connectivity index (χ0v) is 33.3. The van der Waals surface area contributed by atoms with Crippen LogP contribution in [0.5, 0.6) is 0 Å². The van der Waals surface area contributed by atoms with E-state index < -0.39 is 0 Å². The van der Waals surface area contributed by atoms with Crippen LogP contribution in [-0.2, 0) is 5.41 Å². The molecule has 284 valence electrons. The Morgan fingerprint density at radius 3 is 1.44 bits per heavy atom. The van der Waals surface area contributed by atoms with Crippen molar-refractivity contribution in [3.05, 3.63) is 211 Å². The average molecular weight is 758 g/mol. The number of fused-ring (bicyclic) bond motifs is 3. The van der Waals surface area contributed by atoms with Crippen molar-refractivity contribution in [2.24, 2.45) is 23.7 Å². The first-order chi connectivity index (χ1) is 29.2. The number of rotatable bonds is 7. The molecule has 0 N–H and O–H groups in total. The highest BCUT2D eigenvalue weighted by atomic mass is 15.1. The lowest BCUT2D eigenvalue weighted by atomic mass is 9.43. The van der Waals surface area contributed by atoms with Gasteiger partial charge in [0.15, 0.2) is 0 Å². The molecular weight excluding hydrogens is 711 g/mol. The van der Waals surface area contributed by atoms with Crippen molar-refractivity contribution in [2.45, 2.75) is 37.5 Å². The molecule has 13 rings (SSSR count). The first kappa shape index (κ1) is 34.6. The van der Waals surface area contributed by atoms with Gasteiger partial charge in [-0.25, -0.2) is 0 Å². The minimum absolute atomic E-state index is 0.0887. The van der Waals surface area contributed by atoms with E-state index in [1.807, 2.05) is 0 Å². The molecule has 0 radical (unpaired) electrons. The molecule has 59 heavy (non-hydrogen) atoms. The van der Waals surface area contributed by atoms with Gasteiger partial charge >= 0.3 is 0 Å². The highest BCUT2D eigenvalue weighted by Gasteiger charge is 2.61. The van der Waals surface area contributed by atoms with Gasteiger partial charge in [-0.15, -0.1) is 0 Å². The Bertz CT molecular complexity index is 2810. The minimum atomic E-state index is 0.0887. The Kier molecular flexibility index (Phi) is 8.12. The number of benzene rings is 8. The normalized spacial score (nSPS) is 22.0. The summed E-state index contributed by atoms with van der Waals surface area (Å²) < 4.78 is 0. The van der Waals surface area contributed by atoms with Crippen molar-refractivity contribution >= 4 is 17.1 Å². The van der Waals surface area contributed by atoms with E-state index in [0.29, 0.717) is 11.8 Å². The second kappa shape index (κ2) is 13.8.